The van der Waals surface area contributed by atoms with Crippen molar-refractivity contribution in [1.29, 1.82) is 0 Å². The normalized spacial score (nSPS) is 13.9. The van der Waals surface area contributed by atoms with Gasteiger partial charge in [0.15, 0.2) is 11.5 Å². The van der Waals surface area contributed by atoms with Crippen LogP contribution in [-0.4, -0.2) is 88.5 Å². The number of amides is 1. The lowest BCUT2D eigenvalue weighted by Gasteiger charge is -2.53. The fourth-order valence-corrected chi connectivity index (χ4v) is 5.90. The van der Waals surface area contributed by atoms with Gasteiger partial charge in [-0.05, 0) is 65.3 Å². The quantitative estimate of drug-likeness (QED) is 0.149. The summed E-state index contributed by atoms with van der Waals surface area (Å²) in [7, 11) is 18.9. The van der Waals surface area contributed by atoms with Crippen LogP contribution >= 0.6 is 11.9 Å². The van der Waals surface area contributed by atoms with E-state index in [2.05, 4.69) is 93.5 Å². The summed E-state index contributed by atoms with van der Waals surface area (Å²) in [5, 5.41) is -0.841. The molecule has 1 heterocycles. The summed E-state index contributed by atoms with van der Waals surface area (Å²) in [5.74, 6) is 0.889. The van der Waals surface area contributed by atoms with Crippen LogP contribution in [0, 0.1) is 0 Å². The summed E-state index contributed by atoms with van der Waals surface area (Å²) in [6.45, 7) is 4.45. The molecule has 7 nitrogen and oxygen atoms in total. The molecule has 3 aromatic carbocycles. The summed E-state index contributed by atoms with van der Waals surface area (Å²) >= 11 is 1.24. The molecule has 1 atom stereocenters. The first-order chi connectivity index (χ1) is 20.9. The topological polar surface area (TPSA) is 83.1 Å². The number of carbonyl (C=O) groups excluding carboxylic acids is 2. The number of esters is 1. The highest BCUT2D eigenvalue weighted by molar-refractivity contribution is 7.98. The van der Waals surface area contributed by atoms with Gasteiger partial charge < -0.3 is 18.9 Å². The van der Waals surface area contributed by atoms with Crippen LogP contribution in [0.2, 0.25) is 10.3 Å². The van der Waals surface area contributed by atoms with Crippen molar-refractivity contribution in [3.05, 3.63) is 82.9 Å². The van der Waals surface area contributed by atoms with Gasteiger partial charge in [-0.2, -0.15) is 0 Å². The predicted octanol–water partition coefficient (Wildman–Crippen LogP) is -2.21. The van der Waals surface area contributed by atoms with Crippen LogP contribution in [0.15, 0.2) is 65.6 Å². The predicted molar refractivity (Wildman–Crippen MR) is 203 cm³/mol. The lowest BCUT2D eigenvalue weighted by atomic mass is 9.13. The molecule has 0 aliphatic carbocycles. The average Bonchev–Trinajstić information content (AvgIpc) is 3.45. The second-order valence-corrected chi connectivity index (χ2v) is 15.5. The molecular formula is C29H39B8NO6S. The lowest BCUT2D eigenvalue weighted by Crippen LogP contribution is -2.51. The second-order valence-electron chi connectivity index (χ2n) is 14.7. The molecular weight excluding hydrogens is 577 g/mol. The van der Waals surface area contributed by atoms with Crippen molar-refractivity contribution in [2.75, 3.05) is 13.9 Å². The van der Waals surface area contributed by atoms with Crippen LogP contribution in [0.25, 0.3) is 0 Å². The number of carbonyl (C=O) groups is 2. The van der Waals surface area contributed by atoms with E-state index in [-0.39, 0.29) is 28.3 Å². The summed E-state index contributed by atoms with van der Waals surface area (Å²) in [6, 6.07) is 18.8. The Morgan fingerprint density at radius 1 is 0.867 bits per heavy atom. The first-order valence-electron chi connectivity index (χ1n) is 15.2. The van der Waals surface area contributed by atoms with Gasteiger partial charge in [-0.25, -0.2) is 4.79 Å². The third-order valence-electron chi connectivity index (χ3n) is 9.68. The molecule has 45 heavy (non-hydrogen) atoms. The van der Waals surface area contributed by atoms with Crippen LogP contribution in [0.3, 0.4) is 0 Å². The highest BCUT2D eigenvalue weighted by atomic mass is 32.2. The van der Waals surface area contributed by atoms with Crippen LogP contribution in [0.5, 0.6) is 17.2 Å². The van der Waals surface area contributed by atoms with E-state index in [4.69, 9.17) is 18.9 Å². The van der Waals surface area contributed by atoms with Gasteiger partial charge >= 0.3 is 5.97 Å². The monoisotopic (exact) mass is 617 g/mol. The minimum absolute atomic E-state index is 0.0290. The molecule has 226 valence electrons. The molecule has 0 saturated carbocycles. The van der Waals surface area contributed by atoms with Gasteiger partial charge in [-0.15, -0.1) is 10.3 Å². The SMILES string of the molecule is BC(C)(C)c1ccc(SNC(=O)C(Oc2ccc(C(=O)OC)cc2C(B)(B)C(B)(B)C(B)(B)B)c2ccc3c(c2)OCO3)cc1. The van der Waals surface area contributed by atoms with Crippen molar-refractivity contribution in [3.63, 3.8) is 0 Å². The molecule has 0 aromatic heterocycles. The Hall–Kier alpha value is -3.13. The number of hydrogen-bond donors (Lipinski definition) is 1. The Balaban J connectivity index is 1.75. The smallest absolute Gasteiger partial charge is 0.337 e. The van der Waals surface area contributed by atoms with E-state index in [1.807, 2.05) is 24.3 Å². The number of rotatable bonds is 11. The van der Waals surface area contributed by atoms with E-state index < -0.39 is 17.3 Å². The first-order valence-corrected chi connectivity index (χ1v) is 16.0. The molecule has 1 N–H and O–H groups in total. The fraction of sp³-hybridized carbons (Fsp3) is 0.310. The molecule has 1 aliphatic rings. The third-order valence-corrected chi connectivity index (χ3v) is 10.5. The van der Waals surface area contributed by atoms with E-state index in [0.717, 1.165) is 10.5 Å². The molecule has 0 bridgehead atoms. The molecule has 0 spiro atoms. The maximum Gasteiger partial charge on any atom is 0.337 e. The number of fused-ring (bicyclic) bond motifs is 1. The second kappa shape index (κ2) is 12.9. The minimum Gasteiger partial charge on any atom is -0.476 e. The van der Waals surface area contributed by atoms with Crippen molar-refractivity contribution < 1.29 is 28.5 Å². The maximum atomic E-state index is 14.0. The van der Waals surface area contributed by atoms with Gasteiger partial charge in [0.1, 0.15) is 29.3 Å². The summed E-state index contributed by atoms with van der Waals surface area (Å²) in [6.07, 6.45) is -1.03. The Morgan fingerprint density at radius 3 is 2.11 bits per heavy atom. The van der Waals surface area contributed by atoms with Crippen molar-refractivity contribution in [3.8, 4) is 17.2 Å². The van der Waals surface area contributed by atoms with Crippen molar-refractivity contribution in [2.45, 2.75) is 45.7 Å². The van der Waals surface area contributed by atoms with E-state index in [1.165, 1.54) is 24.6 Å². The van der Waals surface area contributed by atoms with Crippen molar-refractivity contribution >= 4 is 86.6 Å². The molecule has 1 aliphatic heterocycles. The van der Waals surface area contributed by atoms with E-state index in [0.29, 0.717) is 28.4 Å². The van der Waals surface area contributed by atoms with E-state index in [9.17, 15) is 9.59 Å². The molecule has 3 aromatic rings. The minimum atomic E-state index is -1.03. The van der Waals surface area contributed by atoms with Gasteiger partial charge in [0, 0.05) is 10.5 Å². The van der Waals surface area contributed by atoms with Crippen molar-refractivity contribution in [1.82, 2.24) is 4.72 Å². The maximum absolute atomic E-state index is 14.0. The van der Waals surface area contributed by atoms with Gasteiger partial charge in [-0.3, -0.25) is 9.52 Å². The number of benzene rings is 3. The van der Waals surface area contributed by atoms with Gasteiger partial charge in [-0.1, -0.05) is 42.8 Å². The zero-order valence-corrected chi connectivity index (χ0v) is 29.2. The molecule has 0 saturated heterocycles. The molecule has 0 radical (unpaired) electrons. The number of nitrogens with one attached hydrogen (secondary N) is 1. The average molecular weight is 616 g/mol. The zero-order chi connectivity index (χ0) is 33.4. The molecule has 1 amide bonds. The Labute approximate surface area is 278 Å². The number of ether oxygens (including phenoxy) is 4. The summed E-state index contributed by atoms with van der Waals surface area (Å²) in [4.78, 5) is 27.5. The first kappa shape index (κ1) is 34.7. The standard InChI is InChI=1S/C29H39B8NO6S/c1-26(2,30)17-6-8-18(9-7-17)45-38-24(39)23(15-4-11-21-22(13-15)43-14-42-21)44-20-10-5-16(25(40)41-3)12-19(20)27(31,32)28(33,34)29(35,36)37/h4-13,23H,14,30-37H2,1-3H3,(H,38,39). The van der Waals surface area contributed by atoms with Crippen LogP contribution < -0.4 is 18.9 Å². The van der Waals surface area contributed by atoms with Crippen LogP contribution in [0.1, 0.15) is 47.0 Å². The van der Waals surface area contributed by atoms with Crippen LogP contribution in [-0.2, 0) is 20.1 Å². The Morgan fingerprint density at radius 2 is 1.51 bits per heavy atom. The molecule has 1 unspecified atom stereocenters. The van der Waals surface area contributed by atoms with Crippen molar-refractivity contribution in [2.24, 2.45) is 0 Å². The summed E-state index contributed by atoms with van der Waals surface area (Å²) in [5.41, 5.74) is 3.03. The van der Waals surface area contributed by atoms with Gasteiger partial charge in [0.2, 0.25) is 12.9 Å². The Kier molecular flexibility index (Phi) is 9.98. The van der Waals surface area contributed by atoms with Crippen LogP contribution in [0.4, 0.5) is 0 Å². The number of hydrogen-bond acceptors (Lipinski definition) is 7. The number of methoxy groups -OCH3 is 1. The third kappa shape index (κ3) is 7.32. The largest absolute Gasteiger partial charge is 0.476 e. The highest BCUT2D eigenvalue weighted by Crippen LogP contribution is 2.53. The fourth-order valence-electron chi connectivity index (χ4n) is 5.30. The zero-order valence-electron chi connectivity index (χ0n) is 28.4. The summed E-state index contributed by atoms with van der Waals surface area (Å²) < 4.78 is 25.9. The lowest BCUT2D eigenvalue weighted by molar-refractivity contribution is -0.126. The molecule has 0 fully saturated rings. The molecule has 4 rings (SSSR count). The van der Waals surface area contributed by atoms with E-state index in [1.54, 1.807) is 24.3 Å². The van der Waals surface area contributed by atoms with Gasteiger partial charge in [0.05, 0.1) is 51.9 Å². The Bertz CT molecular complexity index is 1570. The molecule has 16 heteroatoms. The van der Waals surface area contributed by atoms with Gasteiger partial charge in [0.25, 0.3) is 5.91 Å². The van der Waals surface area contributed by atoms with E-state index >= 15 is 0 Å². The highest BCUT2D eigenvalue weighted by Gasteiger charge is 2.46.